The van der Waals surface area contributed by atoms with Gasteiger partial charge in [0.05, 0.1) is 29.8 Å². The zero-order valence-electron chi connectivity index (χ0n) is 17.0. The molecule has 0 aliphatic carbocycles. The van der Waals surface area contributed by atoms with Crippen molar-refractivity contribution in [3.8, 4) is 29.0 Å². The molecule has 0 saturated heterocycles. The first kappa shape index (κ1) is 18.3. The maximum absolute atomic E-state index is 9.67. The summed E-state index contributed by atoms with van der Waals surface area (Å²) in [6, 6.07) is 8.34. The van der Waals surface area contributed by atoms with E-state index in [1.54, 1.807) is 13.2 Å². The molecule has 30 heavy (non-hydrogen) atoms. The van der Waals surface area contributed by atoms with Crippen molar-refractivity contribution in [2.24, 2.45) is 12.0 Å². The maximum atomic E-state index is 9.67. The Balaban J connectivity index is 1.71. The van der Waals surface area contributed by atoms with Crippen LogP contribution in [0.4, 0.5) is 0 Å². The Kier molecular flexibility index (Phi) is 4.24. The minimum Gasteiger partial charge on any atom is -0.490 e. The normalized spacial score (nSPS) is 17.1. The lowest BCUT2D eigenvalue weighted by Gasteiger charge is -2.18. The Morgan fingerprint density at radius 3 is 2.90 bits per heavy atom. The first-order chi connectivity index (χ1) is 14.6. The lowest BCUT2D eigenvalue weighted by molar-refractivity contribution is 0.210. The van der Waals surface area contributed by atoms with Crippen LogP contribution < -0.4 is 9.47 Å². The van der Waals surface area contributed by atoms with Gasteiger partial charge in [-0.2, -0.15) is 5.26 Å². The average molecular weight is 400 g/mol. The van der Waals surface area contributed by atoms with Crippen LogP contribution in [0.3, 0.4) is 0 Å². The second-order valence-corrected chi connectivity index (χ2v) is 7.48. The lowest BCUT2D eigenvalue weighted by atomic mass is 9.92. The monoisotopic (exact) mass is 400 g/mol. The van der Waals surface area contributed by atoms with E-state index in [2.05, 4.69) is 36.1 Å². The highest BCUT2D eigenvalue weighted by atomic mass is 16.5. The molecule has 3 aromatic rings. The molecule has 2 aromatic heterocycles. The van der Waals surface area contributed by atoms with Crippen LogP contribution in [0, 0.1) is 18.3 Å². The molecular formula is C22H20N6O2. The van der Waals surface area contributed by atoms with E-state index in [9.17, 15) is 5.26 Å². The molecule has 4 heterocycles. The third kappa shape index (κ3) is 2.82. The number of aliphatic imine (C=N–C) groups is 1. The van der Waals surface area contributed by atoms with Crippen molar-refractivity contribution >= 4 is 5.71 Å². The highest BCUT2D eigenvalue weighted by molar-refractivity contribution is 6.06. The smallest absolute Gasteiger partial charge is 0.243 e. The zero-order valence-corrected chi connectivity index (χ0v) is 17.0. The van der Waals surface area contributed by atoms with Gasteiger partial charge >= 0.3 is 0 Å². The SMILES string of the molecule is Cc1ccc2c(c1)[C@@H](C)C1=NCc3ncc(nc31)-c1c(nn(C)c1C#N)OCCO2. The quantitative estimate of drug-likeness (QED) is 0.575. The van der Waals surface area contributed by atoms with Crippen LogP contribution in [-0.2, 0) is 13.6 Å². The van der Waals surface area contributed by atoms with Crippen LogP contribution >= 0.6 is 0 Å². The van der Waals surface area contributed by atoms with Gasteiger partial charge in [-0.3, -0.25) is 14.7 Å². The van der Waals surface area contributed by atoms with Crippen molar-refractivity contribution in [3.05, 3.63) is 52.6 Å². The molecule has 0 fully saturated rings. The summed E-state index contributed by atoms with van der Waals surface area (Å²) in [4.78, 5) is 14.2. The molecule has 2 aliphatic heterocycles. The number of hydrogen-bond donors (Lipinski definition) is 0. The van der Waals surface area contributed by atoms with Crippen molar-refractivity contribution < 1.29 is 9.47 Å². The molecule has 1 atom stereocenters. The Labute approximate surface area is 173 Å². The van der Waals surface area contributed by atoms with Crippen LogP contribution in [-0.4, -0.2) is 38.7 Å². The van der Waals surface area contributed by atoms with Gasteiger partial charge in [0.2, 0.25) is 5.88 Å². The Morgan fingerprint density at radius 1 is 1.23 bits per heavy atom. The van der Waals surface area contributed by atoms with E-state index in [-0.39, 0.29) is 12.5 Å². The van der Waals surface area contributed by atoms with E-state index in [0.717, 1.165) is 34.0 Å². The van der Waals surface area contributed by atoms with Crippen LogP contribution in [0.1, 0.15) is 41.1 Å². The molecule has 0 spiro atoms. The highest BCUT2D eigenvalue weighted by Crippen LogP contribution is 2.36. The molecule has 0 amide bonds. The van der Waals surface area contributed by atoms with E-state index in [4.69, 9.17) is 19.5 Å². The minimum atomic E-state index is -0.0174. The summed E-state index contributed by atoms with van der Waals surface area (Å²) in [6.07, 6.45) is 1.67. The van der Waals surface area contributed by atoms with Crippen LogP contribution in [0.25, 0.3) is 11.3 Å². The average Bonchev–Trinajstić information content (AvgIpc) is 3.30. The second-order valence-electron chi connectivity index (χ2n) is 7.48. The predicted molar refractivity (Wildman–Crippen MR) is 110 cm³/mol. The summed E-state index contributed by atoms with van der Waals surface area (Å²) >= 11 is 0. The van der Waals surface area contributed by atoms with Gasteiger partial charge in [-0.15, -0.1) is 5.10 Å². The maximum Gasteiger partial charge on any atom is 0.243 e. The van der Waals surface area contributed by atoms with E-state index >= 15 is 0 Å². The predicted octanol–water partition coefficient (Wildman–Crippen LogP) is 2.93. The summed E-state index contributed by atoms with van der Waals surface area (Å²) in [5.41, 5.74) is 6.14. The van der Waals surface area contributed by atoms with E-state index in [1.807, 2.05) is 12.1 Å². The van der Waals surface area contributed by atoms with Gasteiger partial charge in [0, 0.05) is 18.5 Å². The van der Waals surface area contributed by atoms with Crippen LogP contribution in [0.5, 0.6) is 11.6 Å². The number of aryl methyl sites for hydroxylation is 2. The van der Waals surface area contributed by atoms with Crippen molar-refractivity contribution in [2.45, 2.75) is 26.3 Å². The highest BCUT2D eigenvalue weighted by Gasteiger charge is 2.29. The third-order valence-corrected chi connectivity index (χ3v) is 5.49. The van der Waals surface area contributed by atoms with Gasteiger partial charge in [0.25, 0.3) is 0 Å². The fourth-order valence-corrected chi connectivity index (χ4v) is 3.97. The standard InChI is InChI=1S/C22H20N6O2/c1-12-4-5-18-14(8-12)13(2)20-21-16(11-25-20)24-10-15(26-21)19-17(9-23)28(3)27-22(19)30-7-6-29-18/h4-5,8,10,13H,6-7,11H2,1-3H3/t13-/m1/s1. The van der Waals surface area contributed by atoms with E-state index < -0.39 is 0 Å². The second kappa shape index (κ2) is 6.95. The van der Waals surface area contributed by atoms with Gasteiger partial charge < -0.3 is 9.47 Å². The molecule has 5 rings (SSSR count). The lowest BCUT2D eigenvalue weighted by Crippen LogP contribution is -2.15. The summed E-state index contributed by atoms with van der Waals surface area (Å²) in [6.45, 7) is 5.30. The number of ether oxygens (including phenoxy) is 2. The van der Waals surface area contributed by atoms with Crippen molar-refractivity contribution in [2.75, 3.05) is 13.2 Å². The number of rotatable bonds is 0. The van der Waals surface area contributed by atoms with Gasteiger partial charge in [-0.1, -0.05) is 24.6 Å². The minimum absolute atomic E-state index is 0.0174. The first-order valence-electron chi connectivity index (χ1n) is 9.81. The molecule has 8 heteroatoms. The van der Waals surface area contributed by atoms with Crippen molar-refractivity contribution in [3.63, 3.8) is 0 Å². The molecule has 2 bridgehead atoms. The molecule has 150 valence electrons. The number of nitrogens with zero attached hydrogens (tertiary/aromatic N) is 6. The largest absolute Gasteiger partial charge is 0.490 e. The topological polar surface area (TPSA) is 98.2 Å². The number of nitriles is 1. The summed E-state index contributed by atoms with van der Waals surface area (Å²) < 4.78 is 13.5. The van der Waals surface area contributed by atoms with Gasteiger partial charge in [0.1, 0.15) is 36.3 Å². The Morgan fingerprint density at radius 2 is 2.07 bits per heavy atom. The molecule has 1 aromatic carbocycles. The molecule has 0 N–H and O–H groups in total. The first-order valence-corrected chi connectivity index (χ1v) is 9.81. The summed E-state index contributed by atoms with van der Waals surface area (Å²) in [5, 5.41) is 14.0. The van der Waals surface area contributed by atoms with Crippen molar-refractivity contribution in [1.29, 1.82) is 5.26 Å². The summed E-state index contributed by atoms with van der Waals surface area (Å²) in [5.74, 6) is 1.13. The fraction of sp³-hybridized carbons (Fsp3) is 0.318. The number of fused-ring (bicyclic) bond motifs is 4. The van der Waals surface area contributed by atoms with Crippen LogP contribution in [0.2, 0.25) is 0 Å². The van der Waals surface area contributed by atoms with Gasteiger partial charge in [-0.05, 0) is 13.0 Å². The van der Waals surface area contributed by atoms with E-state index in [0.29, 0.717) is 36.0 Å². The van der Waals surface area contributed by atoms with Gasteiger partial charge in [0.15, 0.2) is 5.69 Å². The zero-order chi connectivity index (χ0) is 20.8. The van der Waals surface area contributed by atoms with Crippen LogP contribution in [0.15, 0.2) is 29.4 Å². The molecule has 0 radical (unpaired) electrons. The molecule has 8 nitrogen and oxygen atoms in total. The third-order valence-electron chi connectivity index (χ3n) is 5.49. The summed E-state index contributed by atoms with van der Waals surface area (Å²) in [7, 11) is 1.71. The number of hydrogen-bond acceptors (Lipinski definition) is 7. The molecular weight excluding hydrogens is 380 g/mol. The Hall–Kier alpha value is -3.73. The Bertz CT molecular complexity index is 1240. The molecule has 2 aliphatic rings. The van der Waals surface area contributed by atoms with Gasteiger partial charge in [-0.25, -0.2) is 4.98 Å². The van der Waals surface area contributed by atoms with E-state index in [1.165, 1.54) is 4.68 Å². The number of aromatic nitrogens is 4. The molecule has 0 unspecified atom stereocenters. The number of benzene rings is 1. The van der Waals surface area contributed by atoms with Crippen molar-refractivity contribution in [1.82, 2.24) is 19.7 Å². The molecule has 0 saturated carbocycles. The fourth-order valence-electron chi connectivity index (χ4n) is 3.97.